The van der Waals surface area contributed by atoms with E-state index in [0.29, 0.717) is 25.1 Å². The van der Waals surface area contributed by atoms with Crippen LogP contribution in [0.25, 0.3) is 0 Å². The molecule has 2 fully saturated rings. The minimum absolute atomic E-state index is 0.131. The zero-order valence-corrected chi connectivity index (χ0v) is 14.0. The first-order chi connectivity index (χ1) is 11.6. The van der Waals surface area contributed by atoms with Crippen molar-refractivity contribution < 1.29 is 24.3 Å². The van der Waals surface area contributed by atoms with Gasteiger partial charge in [-0.25, -0.2) is 4.90 Å². The van der Waals surface area contributed by atoms with Gasteiger partial charge in [0, 0.05) is 12.8 Å². The highest BCUT2D eigenvalue weighted by atomic mass is 16.5. The van der Waals surface area contributed by atoms with Gasteiger partial charge in [0.2, 0.25) is 5.91 Å². The Balaban J connectivity index is 1.70. The maximum absolute atomic E-state index is 12.7. The Morgan fingerprint density at radius 3 is 2.50 bits per heavy atom. The summed E-state index contributed by atoms with van der Waals surface area (Å²) in [6.07, 6.45) is 2.29. The second-order valence-electron chi connectivity index (χ2n) is 6.56. The highest BCUT2D eigenvalue weighted by Crippen LogP contribution is 2.24. The zero-order chi connectivity index (χ0) is 17.1. The van der Waals surface area contributed by atoms with E-state index in [9.17, 15) is 14.7 Å². The monoisotopic (exact) mass is 333 g/mol. The molecule has 2 amide bonds. The summed E-state index contributed by atoms with van der Waals surface area (Å²) >= 11 is 0. The Hall–Kier alpha value is -1.92. The predicted molar refractivity (Wildman–Crippen MR) is 89.1 cm³/mol. The quantitative estimate of drug-likeness (QED) is 0.753. The number of aliphatic hydroxyl groups is 1. The van der Waals surface area contributed by atoms with Crippen molar-refractivity contribution in [2.24, 2.45) is 0 Å². The third-order valence-corrected chi connectivity index (χ3v) is 4.80. The van der Waals surface area contributed by atoms with E-state index in [4.69, 9.17) is 4.74 Å². The summed E-state index contributed by atoms with van der Waals surface area (Å²) in [5.74, 6) is 0.464. The van der Waals surface area contributed by atoms with E-state index in [1.807, 2.05) is 6.92 Å². The second kappa shape index (κ2) is 7.32. The lowest BCUT2D eigenvalue weighted by Gasteiger charge is -2.29. The van der Waals surface area contributed by atoms with E-state index in [-0.39, 0.29) is 30.4 Å². The van der Waals surface area contributed by atoms with Crippen molar-refractivity contribution in [2.75, 3.05) is 24.6 Å². The lowest BCUT2D eigenvalue weighted by Crippen LogP contribution is -3.17. The Morgan fingerprint density at radius 2 is 1.88 bits per heavy atom. The van der Waals surface area contributed by atoms with Gasteiger partial charge in [-0.1, -0.05) is 6.92 Å². The topological polar surface area (TPSA) is 71.3 Å². The molecule has 0 aromatic heterocycles. The number of carbonyl (C=O) groups is 2. The number of hydrogen-bond acceptors (Lipinski definition) is 4. The van der Waals surface area contributed by atoms with Crippen molar-refractivity contribution in [3.63, 3.8) is 0 Å². The van der Waals surface area contributed by atoms with Gasteiger partial charge < -0.3 is 14.7 Å². The van der Waals surface area contributed by atoms with Crippen LogP contribution in [0.2, 0.25) is 0 Å². The van der Waals surface area contributed by atoms with Crippen molar-refractivity contribution in [1.29, 1.82) is 0 Å². The number of likely N-dealkylation sites (tertiary alicyclic amines) is 1. The summed E-state index contributed by atoms with van der Waals surface area (Å²) < 4.78 is 5.54. The number of nitrogens with one attached hydrogen (secondary N) is 1. The van der Waals surface area contributed by atoms with Gasteiger partial charge in [0.15, 0.2) is 6.04 Å². The lowest BCUT2D eigenvalue weighted by atomic mass is 10.1. The molecule has 2 aliphatic rings. The van der Waals surface area contributed by atoms with E-state index in [0.717, 1.165) is 30.2 Å². The molecule has 1 aromatic rings. The van der Waals surface area contributed by atoms with Gasteiger partial charge in [0.25, 0.3) is 5.91 Å². The number of ether oxygens (including phenoxy) is 1. The van der Waals surface area contributed by atoms with Gasteiger partial charge in [-0.3, -0.25) is 9.59 Å². The average Bonchev–Trinajstić information content (AvgIpc) is 2.89. The van der Waals surface area contributed by atoms with E-state index in [1.165, 1.54) is 4.90 Å². The first kappa shape index (κ1) is 16.9. The lowest BCUT2D eigenvalue weighted by molar-refractivity contribution is -0.920. The van der Waals surface area contributed by atoms with Crippen LogP contribution in [0.15, 0.2) is 24.3 Å². The molecule has 0 aliphatic carbocycles. The van der Waals surface area contributed by atoms with Crippen LogP contribution in [0.5, 0.6) is 5.75 Å². The molecule has 3 rings (SSSR count). The largest absolute Gasteiger partial charge is 0.494 e. The number of anilines is 1. The highest BCUT2D eigenvalue weighted by molar-refractivity contribution is 6.21. The number of amides is 2. The summed E-state index contributed by atoms with van der Waals surface area (Å²) in [4.78, 5) is 27.5. The van der Waals surface area contributed by atoms with Gasteiger partial charge >= 0.3 is 0 Å². The Morgan fingerprint density at radius 1 is 1.21 bits per heavy atom. The fourth-order valence-corrected chi connectivity index (χ4v) is 3.46. The number of benzene rings is 1. The molecule has 2 aliphatic heterocycles. The molecule has 0 saturated carbocycles. The first-order valence-electron chi connectivity index (χ1n) is 8.72. The number of quaternary nitrogens is 1. The normalized spacial score (nSPS) is 27.6. The molecule has 6 heteroatoms. The molecule has 0 radical (unpaired) electrons. The van der Waals surface area contributed by atoms with Crippen LogP contribution in [-0.2, 0) is 9.59 Å². The predicted octanol–water partition coefficient (Wildman–Crippen LogP) is 0.147. The Bertz CT molecular complexity index is 594. The molecule has 1 atom stereocenters. The van der Waals surface area contributed by atoms with Gasteiger partial charge in [-0.2, -0.15) is 0 Å². The van der Waals surface area contributed by atoms with E-state index in [1.54, 1.807) is 24.3 Å². The van der Waals surface area contributed by atoms with Gasteiger partial charge in [0.1, 0.15) is 5.75 Å². The molecule has 2 N–H and O–H groups in total. The summed E-state index contributed by atoms with van der Waals surface area (Å²) in [7, 11) is 0. The van der Waals surface area contributed by atoms with E-state index < -0.39 is 0 Å². The maximum Gasteiger partial charge on any atom is 0.292 e. The summed E-state index contributed by atoms with van der Waals surface area (Å²) in [5.41, 5.74) is 0.604. The Kier molecular flexibility index (Phi) is 5.16. The fourth-order valence-electron chi connectivity index (χ4n) is 3.46. The van der Waals surface area contributed by atoms with Gasteiger partial charge in [-0.15, -0.1) is 0 Å². The number of piperidine rings is 1. The number of aliphatic hydroxyl groups excluding tert-OH is 1. The van der Waals surface area contributed by atoms with Gasteiger partial charge in [0.05, 0.1) is 37.9 Å². The minimum Gasteiger partial charge on any atom is -0.494 e. The SMILES string of the molecule is CCCOc1ccc(N2C(=O)C[C@@H]([NH+]3CCC(O)CC3)C2=O)cc1. The van der Waals surface area contributed by atoms with Crippen LogP contribution in [0, 0.1) is 0 Å². The standard InChI is InChI=1S/C18H24N2O4/c1-2-11-24-15-5-3-13(4-6-15)20-17(22)12-16(18(20)23)19-9-7-14(21)8-10-19/h3-6,14,16,21H,2,7-12H2,1H3/p+1/t16-/m1/s1. The van der Waals surface area contributed by atoms with Crippen molar-refractivity contribution in [3.05, 3.63) is 24.3 Å². The minimum atomic E-state index is -0.319. The number of hydrogen-bond donors (Lipinski definition) is 2. The van der Waals surface area contributed by atoms with Crippen LogP contribution in [-0.4, -0.2) is 48.8 Å². The van der Waals surface area contributed by atoms with E-state index in [2.05, 4.69) is 0 Å². The zero-order valence-electron chi connectivity index (χ0n) is 14.0. The van der Waals surface area contributed by atoms with E-state index >= 15 is 0 Å². The molecular formula is C18H25N2O4+. The third kappa shape index (κ3) is 3.44. The summed E-state index contributed by atoms with van der Waals surface area (Å²) in [6.45, 7) is 4.16. The first-order valence-corrected chi connectivity index (χ1v) is 8.72. The third-order valence-electron chi connectivity index (χ3n) is 4.80. The van der Waals surface area contributed by atoms with Crippen molar-refractivity contribution in [1.82, 2.24) is 0 Å². The molecule has 2 saturated heterocycles. The molecule has 130 valence electrons. The number of imide groups is 1. The molecule has 0 spiro atoms. The molecule has 2 heterocycles. The molecule has 1 aromatic carbocycles. The second-order valence-corrected chi connectivity index (χ2v) is 6.56. The molecular weight excluding hydrogens is 308 g/mol. The Labute approximate surface area is 142 Å². The average molecular weight is 333 g/mol. The van der Waals surface area contributed by atoms with Crippen molar-refractivity contribution in [2.45, 2.75) is 44.8 Å². The highest BCUT2D eigenvalue weighted by Gasteiger charge is 2.46. The van der Waals surface area contributed by atoms with Crippen LogP contribution in [0.4, 0.5) is 5.69 Å². The summed E-state index contributed by atoms with van der Waals surface area (Å²) in [6, 6.07) is 6.80. The maximum atomic E-state index is 12.7. The number of rotatable bonds is 5. The fraction of sp³-hybridized carbons (Fsp3) is 0.556. The summed E-state index contributed by atoms with van der Waals surface area (Å²) in [5, 5.41) is 9.62. The van der Waals surface area contributed by atoms with Crippen LogP contribution >= 0.6 is 0 Å². The molecule has 6 nitrogen and oxygen atoms in total. The number of nitrogens with zero attached hydrogens (tertiary/aromatic N) is 1. The van der Waals surface area contributed by atoms with Crippen LogP contribution in [0.3, 0.4) is 0 Å². The van der Waals surface area contributed by atoms with Crippen molar-refractivity contribution >= 4 is 17.5 Å². The molecule has 0 unspecified atom stereocenters. The molecule has 0 bridgehead atoms. The number of carbonyl (C=O) groups excluding carboxylic acids is 2. The smallest absolute Gasteiger partial charge is 0.292 e. The molecule has 24 heavy (non-hydrogen) atoms. The van der Waals surface area contributed by atoms with Gasteiger partial charge in [-0.05, 0) is 30.7 Å². The van der Waals surface area contributed by atoms with Crippen LogP contribution < -0.4 is 14.5 Å². The van der Waals surface area contributed by atoms with Crippen LogP contribution in [0.1, 0.15) is 32.6 Å². The van der Waals surface area contributed by atoms with Crippen molar-refractivity contribution in [3.8, 4) is 5.75 Å².